The average Bonchev–Trinajstić information content (AvgIpc) is 2.87. The molecule has 1 fully saturated rings. The Kier molecular flexibility index (Phi) is 1.72. The van der Waals surface area contributed by atoms with Gasteiger partial charge in [0.25, 0.3) is 0 Å². The van der Waals surface area contributed by atoms with Gasteiger partial charge in [0.15, 0.2) is 0 Å². The lowest BCUT2D eigenvalue weighted by molar-refractivity contribution is 0.610. The summed E-state index contributed by atoms with van der Waals surface area (Å²) in [6, 6.07) is 5.36. The van der Waals surface area contributed by atoms with Crippen molar-refractivity contribution in [3.63, 3.8) is 0 Å². The van der Waals surface area contributed by atoms with Crippen LogP contribution in [0.2, 0.25) is 0 Å². The Bertz CT molecular complexity index is 311. The van der Waals surface area contributed by atoms with Gasteiger partial charge < -0.3 is 0 Å². The molecule has 62 valence electrons. The molecule has 0 N–H and O–H groups in total. The van der Waals surface area contributed by atoms with Crippen LogP contribution in [-0.4, -0.2) is 0 Å². The van der Waals surface area contributed by atoms with E-state index in [4.69, 9.17) is 0 Å². The Balaban J connectivity index is 2.38. The summed E-state index contributed by atoms with van der Waals surface area (Å²) in [7, 11) is 0. The van der Waals surface area contributed by atoms with Crippen LogP contribution < -0.4 is 0 Å². The Morgan fingerprint density at radius 3 is 2.67 bits per heavy atom. The van der Waals surface area contributed by atoms with E-state index in [-0.39, 0.29) is 5.82 Å². The Labute approximate surface area is 71.7 Å². The molecule has 0 radical (unpaired) electrons. The Morgan fingerprint density at radius 2 is 2.17 bits per heavy atom. The van der Waals surface area contributed by atoms with E-state index in [9.17, 15) is 4.39 Å². The van der Waals surface area contributed by atoms with Crippen LogP contribution in [0.3, 0.4) is 0 Å². The van der Waals surface area contributed by atoms with Crippen LogP contribution in [-0.2, 0) is 0 Å². The highest BCUT2D eigenvalue weighted by Crippen LogP contribution is 2.41. The maximum absolute atomic E-state index is 13.3. The minimum atomic E-state index is -0.0742. The van der Waals surface area contributed by atoms with Gasteiger partial charge in [-0.25, -0.2) is 4.39 Å². The largest absolute Gasteiger partial charge is 0.207 e. The number of halogens is 1. The fourth-order valence-electron chi connectivity index (χ4n) is 1.40. The smallest absolute Gasteiger partial charge is 0.127 e. The molecule has 0 aliphatic heterocycles. The number of hydrogen-bond acceptors (Lipinski definition) is 0. The standard InChI is InChI=1S/C11H11F/c1-2-8-3-6-10(9-4-5-9)11(12)7-8/h2-3,6-7,9H,1,4-5H2. The van der Waals surface area contributed by atoms with Gasteiger partial charge in [0.05, 0.1) is 0 Å². The van der Waals surface area contributed by atoms with Crippen LogP contribution in [0.25, 0.3) is 6.08 Å². The zero-order valence-electron chi connectivity index (χ0n) is 6.89. The van der Waals surface area contributed by atoms with E-state index in [1.807, 2.05) is 12.1 Å². The van der Waals surface area contributed by atoms with Gasteiger partial charge in [-0.15, -0.1) is 0 Å². The van der Waals surface area contributed by atoms with Gasteiger partial charge in [-0.1, -0.05) is 24.8 Å². The third-order valence-corrected chi connectivity index (χ3v) is 2.28. The summed E-state index contributed by atoms with van der Waals surface area (Å²) in [5, 5.41) is 0. The fraction of sp³-hybridized carbons (Fsp3) is 0.273. The van der Waals surface area contributed by atoms with Crippen molar-refractivity contribution in [3.8, 4) is 0 Å². The van der Waals surface area contributed by atoms with E-state index in [0.717, 1.165) is 24.0 Å². The first-order valence-corrected chi connectivity index (χ1v) is 4.23. The number of hydrogen-bond donors (Lipinski definition) is 0. The van der Waals surface area contributed by atoms with Crippen LogP contribution in [0.15, 0.2) is 24.8 Å². The maximum Gasteiger partial charge on any atom is 0.127 e. The summed E-state index contributed by atoms with van der Waals surface area (Å²) in [6.07, 6.45) is 3.95. The van der Waals surface area contributed by atoms with Crippen LogP contribution in [0.5, 0.6) is 0 Å². The molecule has 0 spiro atoms. The van der Waals surface area contributed by atoms with E-state index in [1.165, 1.54) is 0 Å². The van der Waals surface area contributed by atoms with E-state index in [1.54, 1.807) is 12.1 Å². The second-order valence-electron chi connectivity index (χ2n) is 3.26. The van der Waals surface area contributed by atoms with Crippen LogP contribution in [0.1, 0.15) is 29.9 Å². The molecule has 0 bridgehead atoms. The van der Waals surface area contributed by atoms with Crippen LogP contribution in [0.4, 0.5) is 4.39 Å². The lowest BCUT2D eigenvalue weighted by Gasteiger charge is -2.00. The lowest BCUT2D eigenvalue weighted by Crippen LogP contribution is -1.87. The normalized spacial score (nSPS) is 16.1. The van der Waals surface area contributed by atoms with Crippen molar-refractivity contribution >= 4 is 6.08 Å². The molecule has 0 heterocycles. The minimum Gasteiger partial charge on any atom is -0.207 e. The fourth-order valence-corrected chi connectivity index (χ4v) is 1.40. The van der Waals surface area contributed by atoms with Gasteiger partial charge in [-0.2, -0.15) is 0 Å². The number of benzene rings is 1. The number of rotatable bonds is 2. The molecule has 12 heavy (non-hydrogen) atoms. The van der Waals surface area contributed by atoms with Crippen molar-refractivity contribution in [3.05, 3.63) is 41.7 Å². The van der Waals surface area contributed by atoms with E-state index in [0.29, 0.717) is 5.92 Å². The third-order valence-electron chi connectivity index (χ3n) is 2.28. The van der Waals surface area contributed by atoms with Crippen molar-refractivity contribution in [2.75, 3.05) is 0 Å². The minimum absolute atomic E-state index is 0.0742. The molecule has 0 nitrogen and oxygen atoms in total. The highest BCUT2D eigenvalue weighted by Gasteiger charge is 2.25. The van der Waals surface area contributed by atoms with Crippen molar-refractivity contribution in [1.82, 2.24) is 0 Å². The van der Waals surface area contributed by atoms with Gasteiger partial charge in [0.2, 0.25) is 0 Å². The molecule has 0 saturated heterocycles. The van der Waals surface area contributed by atoms with Gasteiger partial charge >= 0.3 is 0 Å². The topological polar surface area (TPSA) is 0 Å². The summed E-state index contributed by atoms with van der Waals surface area (Å²) in [4.78, 5) is 0. The molecule has 0 atom stereocenters. The molecule has 2 rings (SSSR count). The summed E-state index contributed by atoms with van der Waals surface area (Å²) < 4.78 is 13.3. The highest BCUT2D eigenvalue weighted by molar-refractivity contribution is 5.48. The van der Waals surface area contributed by atoms with E-state index in [2.05, 4.69) is 6.58 Å². The summed E-state index contributed by atoms with van der Waals surface area (Å²) in [5.41, 5.74) is 1.73. The zero-order chi connectivity index (χ0) is 8.55. The van der Waals surface area contributed by atoms with Crippen molar-refractivity contribution < 1.29 is 4.39 Å². The molecule has 1 aromatic carbocycles. The summed E-state index contributed by atoms with van der Waals surface area (Å²) in [6.45, 7) is 3.60. The molecule has 1 aliphatic carbocycles. The summed E-state index contributed by atoms with van der Waals surface area (Å²) in [5.74, 6) is 0.416. The molecule has 0 aromatic heterocycles. The van der Waals surface area contributed by atoms with E-state index >= 15 is 0 Å². The molecular weight excluding hydrogens is 151 g/mol. The SMILES string of the molecule is C=Cc1ccc(C2CC2)c(F)c1. The highest BCUT2D eigenvalue weighted by atomic mass is 19.1. The molecule has 0 unspecified atom stereocenters. The lowest BCUT2D eigenvalue weighted by atomic mass is 10.1. The second-order valence-corrected chi connectivity index (χ2v) is 3.26. The average molecular weight is 162 g/mol. The molecule has 1 heteroatoms. The quantitative estimate of drug-likeness (QED) is 0.625. The molecule has 0 amide bonds. The molecule has 1 aliphatic rings. The van der Waals surface area contributed by atoms with Gasteiger partial charge in [-0.05, 0) is 36.0 Å². The predicted molar refractivity (Wildman–Crippen MR) is 48.5 cm³/mol. The Hall–Kier alpha value is -1.11. The molecule has 1 saturated carbocycles. The molecular formula is C11H11F. The third kappa shape index (κ3) is 1.27. The first-order chi connectivity index (χ1) is 5.81. The van der Waals surface area contributed by atoms with Gasteiger partial charge in [0.1, 0.15) is 5.82 Å². The maximum atomic E-state index is 13.3. The second kappa shape index (κ2) is 2.74. The predicted octanol–water partition coefficient (Wildman–Crippen LogP) is 3.35. The van der Waals surface area contributed by atoms with Crippen LogP contribution >= 0.6 is 0 Å². The zero-order valence-corrected chi connectivity index (χ0v) is 6.89. The van der Waals surface area contributed by atoms with Gasteiger partial charge in [0, 0.05) is 0 Å². The first kappa shape index (κ1) is 7.53. The van der Waals surface area contributed by atoms with Crippen molar-refractivity contribution in [2.45, 2.75) is 18.8 Å². The van der Waals surface area contributed by atoms with Crippen molar-refractivity contribution in [1.29, 1.82) is 0 Å². The first-order valence-electron chi connectivity index (χ1n) is 4.23. The molecule has 1 aromatic rings. The van der Waals surface area contributed by atoms with Gasteiger partial charge in [-0.3, -0.25) is 0 Å². The Morgan fingerprint density at radius 1 is 1.42 bits per heavy atom. The van der Waals surface area contributed by atoms with Crippen molar-refractivity contribution in [2.24, 2.45) is 0 Å². The van der Waals surface area contributed by atoms with E-state index < -0.39 is 0 Å². The van der Waals surface area contributed by atoms with Crippen LogP contribution in [0, 0.1) is 5.82 Å². The monoisotopic (exact) mass is 162 g/mol. The summed E-state index contributed by atoms with van der Waals surface area (Å²) >= 11 is 0.